The fourth-order valence-corrected chi connectivity index (χ4v) is 1.84. The molecule has 0 atom stereocenters. The van der Waals surface area contributed by atoms with Crippen molar-refractivity contribution in [2.75, 3.05) is 6.54 Å². The second-order valence-electron chi connectivity index (χ2n) is 4.54. The largest absolute Gasteiger partial charge is 0.312 e. The molecule has 0 radical (unpaired) electrons. The summed E-state index contributed by atoms with van der Waals surface area (Å²) in [7, 11) is 0. The van der Waals surface area contributed by atoms with Crippen LogP contribution in [-0.4, -0.2) is 11.5 Å². The first kappa shape index (κ1) is 11.1. The number of rotatable bonds is 4. The maximum absolute atomic E-state index is 4.14. The van der Waals surface area contributed by atoms with Crippen LogP contribution in [0.4, 0.5) is 0 Å². The molecular weight excluding hydrogens is 196 g/mol. The lowest BCUT2D eigenvalue weighted by atomic mass is 10.1. The first-order valence-electron chi connectivity index (χ1n) is 5.79. The maximum Gasteiger partial charge on any atom is 0.0346 e. The van der Waals surface area contributed by atoms with Gasteiger partial charge in [0.05, 0.1) is 0 Å². The lowest BCUT2D eigenvalue weighted by molar-refractivity contribution is 0.553. The number of pyridine rings is 1. The molecule has 0 saturated carbocycles. The van der Waals surface area contributed by atoms with E-state index in [0.717, 1.165) is 13.1 Å². The molecule has 2 nitrogen and oxygen atoms in total. The van der Waals surface area contributed by atoms with E-state index in [2.05, 4.69) is 48.4 Å². The SMILES string of the molecule is CC(C)CNCc1cccc2cnccc12. The van der Waals surface area contributed by atoms with Crippen LogP contribution in [0.1, 0.15) is 19.4 Å². The van der Waals surface area contributed by atoms with Gasteiger partial charge in [-0.25, -0.2) is 0 Å². The van der Waals surface area contributed by atoms with Crippen LogP contribution in [0.5, 0.6) is 0 Å². The number of aromatic nitrogens is 1. The van der Waals surface area contributed by atoms with Crippen LogP contribution in [-0.2, 0) is 6.54 Å². The molecule has 0 aliphatic heterocycles. The highest BCUT2D eigenvalue weighted by Crippen LogP contribution is 2.17. The van der Waals surface area contributed by atoms with Gasteiger partial charge in [0.25, 0.3) is 0 Å². The summed E-state index contributed by atoms with van der Waals surface area (Å²) in [6.45, 7) is 6.43. The first-order chi connectivity index (χ1) is 7.77. The van der Waals surface area contributed by atoms with Crippen LogP contribution in [0.15, 0.2) is 36.7 Å². The Morgan fingerprint density at radius 1 is 1.25 bits per heavy atom. The van der Waals surface area contributed by atoms with Crippen molar-refractivity contribution in [1.29, 1.82) is 0 Å². The minimum Gasteiger partial charge on any atom is -0.312 e. The monoisotopic (exact) mass is 214 g/mol. The topological polar surface area (TPSA) is 24.9 Å². The molecule has 0 amide bonds. The Morgan fingerprint density at radius 3 is 2.94 bits per heavy atom. The average Bonchev–Trinajstić information content (AvgIpc) is 2.29. The van der Waals surface area contributed by atoms with E-state index in [4.69, 9.17) is 0 Å². The molecule has 1 N–H and O–H groups in total. The van der Waals surface area contributed by atoms with Crippen molar-refractivity contribution >= 4 is 10.8 Å². The van der Waals surface area contributed by atoms with Gasteiger partial charge in [0.15, 0.2) is 0 Å². The van der Waals surface area contributed by atoms with E-state index in [1.165, 1.54) is 16.3 Å². The van der Waals surface area contributed by atoms with Crippen molar-refractivity contribution in [2.45, 2.75) is 20.4 Å². The van der Waals surface area contributed by atoms with Gasteiger partial charge in [-0.15, -0.1) is 0 Å². The van der Waals surface area contributed by atoms with Crippen molar-refractivity contribution in [1.82, 2.24) is 10.3 Å². The van der Waals surface area contributed by atoms with Gasteiger partial charge in [0, 0.05) is 24.3 Å². The molecule has 0 unspecified atom stereocenters. The van der Waals surface area contributed by atoms with E-state index < -0.39 is 0 Å². The smallest absolute Gasteiger partial charge is 0.0346 e. The van der Waals surface area contributed by atoms with Crippen LogP contribution in [0.3, 0.4) is 0 Å². The summed E-state index contributed by atoms with van der Waals surface area (Å²) in [4.78, 5) is 4.14. The number of nitrogens with zero attached hydrogens (tertiary/aromatic N) is 1. The number of nitrogens with one attached hydrogen (secondary N) is 1. The third kappa shape index (κ3) is 2.58. The van der Waals surface area contributed by atoms with Gasteiger partial charge in [-0.3, -0.25) is 4.98 Å². The van der Waals surface area contributed by atoms with Crippen molar-refractivity contribution in [3.05, 3.63) is 42.2 Å². The third-order valence-corrected chi connectivity index (χ3v) is 2.64. The fraction of sp³-hybridized carbons (Fsp3) is 0.357. The molecule has 1 aromatic carbocycles. The second-order valence-corrected chi connectivity index (χ2v) is 4.54. The Balaban J connectivity index is 2.17. The van der Waals surface area contributed by atoms with Gasteiger partial charge < -0.3 is 5.32 Å². The summed E-state index contributed by atoms with van der Waals surface area (Å²) in [5.41, 5.74) is 1.35. The zero-order chi connectivity index (χ0) is 11.4. The summed E-state index contributed by atoms with van der Waals surface area (Å²) in [6.07, 6.45) is 3.77. The highest BCUT2D eigenvalue weighted by atomic mass is 14.8. The molecule has 0 aliphatic rings. The average molecular weight is 214 g/mol. The van der Waals surface area contributed by atoms with Gasteiger partial charge in [0.2, 0.25) is 0 Å². The number of benzene rings is 1. The molecule has 1 heterocycles. The summed E-state index contributed by atoms with van der Waals surface area (Å²) in [6, 6.07) is 8.46. The Morgan fingerprint density at radius 2 is 2.12 bits per heavy atom. The van der Waals surface area contributed by atoms with Crippen molar-refractivity contribution in [2.24, 2.45) is 5.92 Å². The first-order valence-corrected chi connectivity index (χ1v) is 5.79. The number of hydrogen-bond donors (Lipinski definition) is 1. The van der Waals surface area contributed by atoms with Crippen molar-refractivity contribution in [3.8, 4) is 0 Å². The summed E-state index contributed by atoms with van der Waals surface area (Å²) in [5, 5.41) is 5.99. The van der Waals surface area contributed by atoms with Gasteiger partial charge >= 0.3 is 0 Å². The Hall–Kier alpha value is -1.41. The fourth-order valence-electron chi connectivity index (χ4n) is 1.84. The van der Waals surface area contributed by atoms with Crippen LogP contribution in [0.2, 0.25) is 0 Å². The molecule has 2 heteroatoms. The molecule has 0 aliphatic carbocycles. The van der Waals surface area contributed by atoms with E-state index in [9.17, 15) is 0 Å². The third-order valence-electron chi connectivity index (χ3n) is 2.64. The second kappa shape index (κ2) is 5.08. The van der Waals surface area contributed by atoms with E-state index in [-0.39, 0.29) is 0 Å². The van der Waals surface area contributed by atoms with Gasteiger partial charge in [-0.05, 0) is 29.5 Å². The van der Waals surface area contributed by atoms with Gasteiger partial charge in [-0.1, -0.05) is 32.0 Å². The predicted octanol–water partition coefficient (Wildman–Crippen LogP) is 2.98. The van der Waals surface area contributed by atoms with Crippen LogP contribution in [0.25, 0.3) is 10.8 Å². The molecule has 1 aromatic heterocycles. The lowest BCUT2D eigenvalue weighted by Crippen LogP contribution is -2.19. The number of hydrogen-bond acceptors (Lipinski definition) is 2. The van der Waals surface area contributed by atoms with Crippen LogP contribution >= 0.6 is 0 Å². The molecule has 0 bridgehead atoms. The molecule has 0 fully saturated rings. The Labute approximate surface area is 96.7 Å². The highest BCUT2D eigenvalue weighted by molar-refractivity contribution is 5.84. The normalized spacial score (nSPS) is 11.2. The molecule has 0 spiro atoms. The van der Waals surface area contributed by atoms with Crippen LogP contribution in [0, 0.1) is 5.92 Å². The summed E-state index contributed by atoms with van der Waals surface area (Å²) >= 11 is 0. The minimum absolute atomic E-state index is 0.691. The quantitative estimate of drug-likeness (QED) is 0.846. The van der Waals surface area contributed by atoms with E-state index >= 15 is 0 Å². The summed E-state index contributed by atoms with van der Waals surface area (Å²) in [5.74, 6) is 0.691. The Kier molecular flexibility index (Phi) is 3.52. The molecule has 84 valence electrons. The predicted molar refractivity (Wildman–Crippen MR) is 68.3 cm³/mol. The lowest BCUT2D eigenvalue weighted by Gasteiger charge is -2.09. The van der Waals surface area contributed by atoms with Crippen molar-refractivity contribution < 1.29 is 0 Å². The zero-order valence-corrected chi connectivity index (χ0v) is 9.90. The highest BCUT2D eigenvalue weighted by Gasteiger charge is 2.00. The van der Waals surface area contributed by atoms with E-state index in [1.54, 1.807) is 0 Å². The molecule has 0 saturated heterocycles. The van der Waals surface area contributed by atoms with Crippen LogP contribution < -0.4 is 5.32 Å². The number of fused-ring (bicyclic) bond motifs is 1. The van der Waals surface area contributed by atoms with Crippen molar-refractivity contribution in [3.63, 3.8) is 0 Å². The summed E-state index contributed by atoms with van der Waals surface area (Å²) < 4.78 is 0. The van der Waals surface area contributed by atoms with Gasteiger partial charge in [0.1, 0.15) is 0 Å². The van der Waals surface area contributed by atoms with E-state index in [1.807, 2.05) is 12.4 Å². The molecule has 2 aromatic rings. The molecular formula is C14H18N2. The standard InChI is InChI=1S/C14H18N2/c1-11(2)8-16-10-13-5-3-4-12-9-15-7-6-14(12)13/h3-7,9,11,16H,8,10H2,1-2H3. The molecule has 2 rings (SSSR count). The minimum atomic E-state index is 0.691. The van der Waals surface area contributed by atoms with Gasteiger partial charge in [-0.2, -0.15) is 0 Å². The zero-order valence-electron chi connectivity index (χ0n) is 9.90. The maximum atomic E-state index is 4.14. The van der Waals surface area contributed by atoms with E-state index in [0.29, 0.717) is 5.92 Å². The Bertz CT molecular complexity index is 458. The molecule has 16 heavy (non-hydrogen) atoms.